The van der Waals surface area contributed by atoms with Gasteiger partial charge in [0.05, 0.1) is 0 Å². The highest BCUT2D eigenvalue weighted by atomic mass is 32.1. The van der Waals surface area contributed by atoms with Crippen LogP contribution in [0.1, 0.15) is 0 Å². The van der Waals surface area contributed by atoms with Crippen molar-refractivity contribution in [3.8, 4) is 43.1 Å². The summed E-state index contributed by atoms with van der Waals surface area (Å²) in [5, 5.41) is 0. The maximum Gasteiger partial charge on any atom is 0.123 e. The highest BCUT2D eigenvalue weighted by Gasteiger charge is 2.23. The molecule has 33 heavy (non-hydrogen) atoms. The largest absolute Gasteiger partial charge is 0.207 e. The molecule has 1 heterocycles. The molecule has 0 aliphatic carbocycles. The Labute approximate surface area is 192 Å². The van der Waals surface area contributed by atoms with Gasteiger partial charge in [0.1, 0.15) is 23.3 Å². The van der Waals surface area contributed by atoms with Crippen molar-refractivity contribution in [3.63, 3.8) is 0 Å². The molecule has 5 rings (SSSR count). The van der Waals surface area contributed by atoms with Gasteiger partial charge in [-0.15, -0.1) is 11.3 Å². The van der Waals surface area contributed by atoms with Crippen molar-refractivity contribution in [2.75, 3.05) is 0 Å². The molecule has 0 aliphatic rings. The second kappa shape index (κ2) is 8.68. The third kappa shape index (κ3) is 4.20. The topological polar surface area (TPSA) is 0 Å². The zero-order valence-corrected chi connectivity index (χ0v) is 18.0. The fourth-order valence-corrected chi connectivity index (χ4v) is 5.18. The van der Waals surface area contributed by atoms with Gasteiger partial charge in [0.25, 0.3) is 0 Å². The summed E-state index contributed by atoms with van der Waals surface area (Å²) in [6.07, 6.45) is 0. The lowest BCUT2D eigenvalue weighted by molar-refractivity contribution is 0.627. The van der Waals surface area contributed by atoms with E-state index in [1.807, 2.05) is 0 Å². The van der Waals surface area contributed by atoms with Crippen LogP contribution in [-0.4, -0.2) is 0 Å². The summed E-state index contributed by atoms with van der Waals surface area (Å²) in [5.41, 5.74) is 4.74. The average Bonchev–Trinajstić information content (AvgIpc) is 3.21. The molecule has 0 bridgehead atoms. The average molecular weight is 460 g/mol. The normalized spacial score (nSPS) is 11.0. The lowest BCUT2D eigenvalue weighted by Crippen LogP contribution is -1.87. The predicted octanol–water partition coefficient (Wildman–Crippen LogP) is 8.97. The summed E-state index contributed by atoms with van der Waals surface area (Å²) in [5.74, 6) is -1.42. The molecule has 0 amide bonds. The van der Waals surface area contributed by atoms with E-state index in [1.54, 1.807) is 48.5 Å². The maximum absolute atomic E-state index is 13.7. The van der Waals surface area contributed by atoms with Gasteiger partial charge in [-0.2, -0.15) is 0 Å². The van der Waals surface area contributed by atoms with E-state index in [-0.39, 0.29) is 23.3 Å². The highest BCUT2D eigenvalue weighted by Crippen LogP contribution is 2.52. The summed E-state index contributed by atoms with van der Waals surface area (Å²) in [6.45, 7) is 0. The summed E-state index contributed by atoms with van der Waals surface area (Å²) >= 11 is 1.47. The van der Waals surface area contributed by atoms with Crippen LogP contribution in [-0.2, 0) is 0 Å². The van der Waals surface area contributed by atoms with Crippen LogP contribution < -0.4 is 0 Å². The minimum Gasteiger partial charge on any atom is -0.207 e. The zero-order chi connectivity index (χ0) is 22.9. The van der Waals surface area contributed by atoms with Gasteiger partial charge in [-0.3, -0.25) is 0 Å². The van der Waals surface area contributed by atoms with Crippen molar-refractivity contribution >= 4 is 11.3 Å². The number of halogens is 4. The molecule has 5 aromatic rings. The molecule has 1 aromatic heterocycles. The van der Waals surface area contributed by atoms with Crippen molar-refractivity contribution in [1.82, 2.24) is 0 Å². The van der Waals surface area contributed by atoms with Gasteiger partial charge in [-0.05, 0) is 70.8 Å². The quantitative estimate of drug-likeness (QED) is 0.235. The Kier molecular flexibility index (Phi) is 5.56. The van der Waals surface area contributed by atoms with E-state index in [2.05, 4.69) is 0 Å². The smallest absolute Gasteiger partial charge is 0.123 e. The summed E-state index contributed by atoms with van der Waals surface area (Å²) in [4.78, 5) is 1.69. The molecule has 0 spiro atoms. The highest BCUT2D eigenvalue weighted by molar-refractivity contribution is 7.20. The van der Waals surface area contributed by atoms with E-state index >= 15 is 0 Å². The third-order valence-electron chi connectivity index (χ3n) is 5.39. The summed E-state index contributed by atoms with van der Waals surface area (Å²) in [6, 6.07) is 24.6. The first-order chi connectivity index (χ1) is 16.0. The van der Waals surface area contributed by atoms with Gasteiger partial charge in [-0.1, -0.05) is 48.5 Å². The van der Waals surface area contributed by atoms with Crippen LogP contribution in [0.3, 0.4) is 0 Å². The van der Waals surface area contributed by atoms with E-state index < -0.39 is 0 Å². The third-order valence-corrected chi connectivity index (χ3v) is 6.67. The van der Waals surface area contributed by atoms with Crippen molar-refractivity contribution in [3.05, 3.63) is 120 Å². The molecule has 162 valence electrons. The molecule has 0 nitrogen and oxygen atoms in total. The number of hydrogen-bond acceptors (Lipinski definition) is 1. The Morgan fingerprint density at radius 2 is 0.576 bits per heavy atom. The Bertz CT molecular complexity index is 1290. The molecule has 0 radical (unpaired) electrons. The Hall–Kier alpha value is -3.70. The first-order valence-electron chi connectivity index (χ1n) is 10.2. The molecule has 0 fully saturated rings. The van der Waals surface area contributed by atoms with Crippen molar-refractivity contribution in [2.45, 2.75) is 0 Å². The minimum atomic E-state index is -0.362. The first kappa shape index (κ1) is 21.2. The van der Waals surface area contributed by atoms with Crippen LogP contribution in [0.25, 0.3) is 43.1 Å². The summed E-state index contributed by atoms with van der Waals surface area (Å²) in [7, 11) is 0. The predicted molar refractivity (Wildman–Crippen MR) is 126 cm³/mol. The van der Waals surface area contributed by atoms with Gasteiger partial charge in [0.15, 0.2) is 0 Å². The monoisotopic (exact) mass is 460 g/mol. The molecule has 0 saturated heterocycles. The standard InChI is InChI=1S/C28H16F4S/c29-21-9-1-17(2-10-21)25-26(18-3-11-22(30)12-4-18)28(20-7-15-24(32)16-8-20)33-27(25)19-5-13-23(31)14-6-19/h1-16H. The lowest BCUT2D eigenvalue weighted by Gasteiger charge is -2.11. The first-order valence-corrected chi connectivity index (χ1v) is 11.0. The number of hydrogen-bond donors (Lipinski definition) is 0. The zero-order valence-electron chi connectivity index (χ0n) is 17.2. The molecular formula is C28H16F4S. The van der Waals surface area contributed by atoms with Crippen molar-refractivity contribution in [1.29, 1.82) is 0 Å². The Morgan fingerprint density at radius 1 is 0.333 bits per heavy atom. The SMILES string of the molecule is Fc1ccc(-c2sc(-c3ccc(F)cc3)c(-c3ccc(F)cc3)c2-c2ccc(F)cc2)cc1. The summed E-state index contributed by atoms with van der Waals surface area (Å²) < 4.78 is 54.8. The number of rotatable bonds is 4. The van der Waals surface area contributed by atoms with Crippen molar-refractivity contribution in [2.24, 2.45) is 0 Å². The molecule has 0 unspecified atom stereocenters. The number of benzene rings is 4. The number of thiophene rings is 1. The van der Waals surface area contributed by atoms with Crippen LogP contribution in [0, 0.1) is 23.3 Å². The second-order valence-electron chi connectivity index (χ2n) is 7.54. The van der Waals surface area contributed by atoms with E-state index in [1.165, 1.54) is 59.9 Å². The van der Waals surface area contributed by atoms with Gasteiger partial charge in [-0.25, -0.2) is 17.6 Å². The molecule has 0 aliphatic heterocycles. The Morgan fingerprint density at radius 3 is 0.848 bits per heavy atom. The van der Waals surface area contributed by atoms with E-state index in [9.17, 15) is 17.6 Å². The minimum absolute atomic E-state index is 0.351. The molecule has 0 N–H and O–H groups in total. The van der Waals surface area contributed by atoms with Gasteiger partial charge in [0.2, 0.25) is 0 Å². The maximum atomic E-state index is 13.7. The molecule has 4 aromatic carbocycles. The fourth-order valence-electron chi connectivity index (χ4n) is 3.82. The molecule has 5 heteroatoms. The van der Waals surface area contributed by atoms with Crippen LogP contribution in [0.15, 0.2) is 97.1 Å². The van der Waals surface area contributed by atoms with Crippen LogP contribution >= 0.6 is 11.3 Å². The van der Waals surface area contributed by atoms with Crippen LogP contribution in [0.5, 0.6) is 0 Å². The second-order valence-corrected chi connectivity index (χ2v) is 8.56. The lowest BCUT2D eigenvalue weighted by atomic mass is 9.91. The van der Waals surface area contributed by atoms with Gasteiger partial charge < -0.3 is 0 Å². The van der Waals surface area contributed by atoms with E-state index in [0.29, 0.717) is 0 Å². The Balaban J connectivity index is 1.86. The van der Waals surface area contributed by atoms with E-state index in [4.69, 9.17) is 0 Å². The molecule has 0 atom stereocenters. The molecule has 0 saturated carbocycles. The van der Waals surface area contributed by atoms with Gasteiger partial charge in [0, 0.05) is 20.9 Å². The van der Waals surface area contributed by atoms with Crippen molar-refractivity contribution < 1.29 is 17.6 Å². The van der Waals surface area contributed by atoms with Crippen LogP contribution in [0.2, 0.25) is 0 Å². The fraction of sp³-hybridized carbons (Fsp3) is 0. The van der Waals surface area contributed by atoms with E-state index in [0.717, 1.165) is 43.1 Å². The van der Waals surface area contributed by atoms with Gasteiger partial charge >= 0.3 is 0 Å². The van der Waals surface area contributed by atoms with Crippen LogP contribution in [0.4, 0.5) is 17.6 Å². The molecular weight excluding hydrogens is 444 g/mol.